The highest BCUT2D eigenvalue weighted by molar-refractivity contribution is 7.09. The Balaban J connectivity index is 1.78. The van der Waals surface area contributed by atoms with Gasteiger partial charge in [0.1, 0.15) is 6.54 Å². The molecule has 2 heterocycles. The molecule has 2 aromatic heterocycles. The molecule has 0 fully saturated rings. The molecule has 0 aromatic carbocycles. The smallest absolute Gasteiger partial charge is 0.241 e. The van der Waals surface area contributed by atoms with Gasteiger partial charge in [-0.15, -0.1) is 16.4 Å². The van der Waals surface area contributed by atoms with E-state index in [4.69, 9.17) is 5.73 Å². The molecule has 1 amide bonds. The third kappa shape index (κ3) is 3.83. The van der Waals surface area contributed by atoms with Gasteiger partial charge in [0.15, 0.2) is 0 Å². The Morgan fingerprint density at radius 3 is 3.11 bits per heavy atom. The SMILES string of the molecule is CC(CNC(=O)Cn1cc(CN)nn1)c1nccs1. The fourth-order valence-corrected chi connectivity index (χ4v) is 2.24. The van der Waals surface area contributed by atoms with Gasteiger partial charge in [-0.1, -0.05) is 12.1 Å². The first kappa shape index (κ1) is 13.6. The highest BCUT2D eigenvalue weighted by Gasteiger charge is 2.10. The second kappa shape index (κ2) is 6.39. The van der Waals surface area contributed by atoms with Crippen molar-refractivity contribution >= 4 is 17.2 Å². The molecule has 0 spiro atoms. The Morgan fingerprint density at radius 2 is 2.47 bits per heavy atom. The van der Waals surface area contributed by atoms with Crippen molar-refractivity contribution in [3.63, 3.8) is 0 Å². The fourth-order valence-electron chi connectivity index (χ4n) is 1.54. The van der Waals surface area contributed by atoms with Crippen LogP contribution in [0, 0.1) is 0 Å². The lowest BCUT2D eigenvalue weighted by molar-refractivity contribution is -0.121. The maximum absolute atomic E-state index is 11.7. The molecule has 8 heteroatoms. The van der Waals surface area contributed by atoms with Gasteiger partial charge in [-0.25, -0.2) is 9.67 Å². The van der Waals surface area contributed by atoms with Crippen molar-refractivity contribution in [2.24, 2.45) is 5.73 Å². The highest BCUT2D eigenvalue weighted by Crippen LogP contribution is 2.16. The van der Waals surface area contributed by atoms with Crippen LogP contribution in [0.4, 0.5) is 0 Å². The number of hydrogen-bond acceptors (Lipinski definition) is 6. The first-order valence-corrected chi connectivity index (χ1v) is 6.82. The van der Waals surface area contributed by atoms with Gasteiger partial charge in [-0.3, -0.25) is 4.79 Å². The number of hydrogen-bond donors (Lipinski definition) is 2. The number of carbonyl (C=O) groups excluding carboxylic acids is 1. The van der Waals surface area contributed by atoms with Crippen LogP contribution in [0.5, 0.6) is 0 Å². The molecule has 7 nitrogen and oxygen atoms in total. The van der Waals surface area contributed by atoms with Crippen molar-refractivity contribution in [3.8, 4) is 0 Å². The first-order valence-electron chi connectivity index (χ1n) is 5.94. The lowest BCUT2D eigenvalue weighted by Gasteiger charge is -2.09. The summed E-state index contributed by atoms with van der Waals surface area (Å²) in [7, 11) is 0. The van der Waals surface area contributed by atoms with Crippen LogP contribution in [-0.4, -0.2) is 32.4 Å². The summed E-state index contributed by atoms with van der Waals surface area (Å²) in [5, 5.41) is 13.4. The average molecular weight is 280 g/mol. The van der Waals surface area contributed by atoms with Crippen molar-refractivity contribution in [3.05, 3.63) is 28.5 Å². The quantitative estimate of drug-likeness (QED) is 0.782. The summed E-state index contributed by atoms with van der Waals surface area (Å²) >= 11 is 1.59. The van der Waals surface area contributed by atoms with Crippen LogP contribution >= 0.6 is 11.3 Å². The zero-order valence-corrected chi connectivity index (χ0v) is 11.4. The molecule has 0 saturated carbocycles. The third-order valence-corrected chi connectivity index (χ3v) is 3.59. The van der Waals surface area contributed by atoms with Crippen LogP contribution < -0.4 is 11.1 Å². The topological polar surface area (TPSA) is 98.7 Å². The standard InChI is InChI=1S/C11H16N6OS/c1-8(11-13-2-3-19-11)5-14-10(18)7-17-6-9(4-12)15-16-17/h2-3,6,8H,4-5,7,12H2,1H3,(H,14,18). The van der Waals surface area contributed by atoms with Gasteiger partial charge >= 0.3 is 0 Å². The average Bonchev–Trinajstić information content (AvgIpc) is 3.06. The van der Waals surface area contributed by atoms with Gasteiger partial charge < -0.3 is 11.1 Å². The van der Waals surface area contributed by atoms with Gasteiger partial charge in [0.25, 0.3) is 0 Å². The zero-order valence-electron chi connectivity index (χ0n) is 10.6. The zero-order chi connectivity index (χ0) is 13.7. The van der Waals surface area contributed by atoms with E-state index in [-0.39, 0.29) is 18.4 Å². The number of amides is 1. The van der Waals surface area contributed by atoms with Crippen LogP contribution in [0.2, 0.25) is 0 Å². The molecule has 0 radical (unpaired) electrons. The Labute approximate surface area is 114 Å². The summed E-state index contributed by atoms with van der Waals surface area (Å²) in [6, 6.07) is 0. The first-order chi connectivity index (χ1) is 9.19. The molecule has 2 rings (SSSR count). The minimum atomic E-state index is -0.100. The molecular formula is C11H16N6OS. The van der Waals surface area contributed by atoms with Crippen molar-refractivity contribution in [2.45, 2.75) is 25.9 Å². The maximum atomic E-state index is 11.7. The molecule has 0 bridgehead atoms. The molecular weight excluding hydrogens is 264 g/mol. The molecule has 1 atom stereocenters. The third-order valence-electron chi connectivity index (χ3n) is 2.58. The predicted molar refractivity (Wildman–Crippen MR) is 71.5 cm³/mol. The second-order valence-electron chi connectivity index (χ2n) is 4.19. The number of thiazole rings is 1. The number of carbonyl (C=O) groups is 1. The minimum absolute atomic E-state index is 0.100. The number of aromatic nitrogens is 4. The van der Waals surface area contributed by atoms with Crippen LogP contribution in [-0.2, 0) is 17.9 Å². The second-order valence-corrected chi connectivity index (χ2v) is 5.11. The van der Waals surface area contributed by atoms with Gasteiger partial charge in [-0.05, 0) is 0 Å². The molecule has 0 aliphatic rings. The van der Waals surface area contributed by atoms with Crippen LogP contribution in [0.15, 0.2) is 17.8 Å². The molecule has 102 valence electrons. The van der Waals surface area contributed by atoms with E-state index in [1.165, 1.54) is 4.68 Å². The van der Waals surface area contributed by atoms with Crippen molar-refractivity contribution in [2.75, 3.05) is 6.54 Å². The molecule has 3 N–H and O–H groups in total. The highest BCUT2D eigenvalue weighted by atomic mass is 32.1. The van der Waals surface area contributed by atoms with E-state index in [0.29, 0.717) is 18.8 Å². The van der Waals surface area contributed by atoms with Crippen molar-refractivity contribution < 1.29 is 4.79 Å². The van der Waals surface area contributed by atoms with Crippen molar-refractivity contribution in [1.82, 2.24) is 25.3 Å². The molecule has 2 aromatic rings. The summed E-state index contributed by atoms with van der Waals surface area (Å²) < 4.78 is 1.48. The minimum Gasteiger partial charge on any atom is -0.354 e. The van der Waals surface area contributed by atoms with Gasteiger partial charge in [0.2, 0.25) is 5.91 Å². The largest absolute Gasteiger partial charge is 0.354 e. The molecule has 0 aliphatic carbocycles. The van der Waals surface area contributed by atoms with Crippen LogP contribution in [0.25, 0.3) is 0 Å². The van der Waals surface area contributed by atoms with Crippen LogP contribution in [0.1, 0.15) is 23.5 Å². The van der Waals surface area contributed by atoms with Gasteiger partial charge in [0, 0.05) is 30.6 Å². The summed E-state index contributed by atoms with van der Waals surface area (Å²) in [6.45, 7) is 3.06. The monoisotopic (exact) mass is 280 g/mol. The summed E-state index contributed by atoms with van der Waals surface area (Å²) in [6.07, 6.45) is 3.44. The molecule has 0 aliphatic heterocycles. The van der Waals surface area contributed by atoms with E-state index < -0.39 is 0 Å². The van der Waals surface area contributed by atoms with E-state index >= 15 is 0 Å². The molecule has 19 heavy (non-hydrogen) atoms. The van der Waals surface area contributed by atoms with Gasteiger partial charge in [-0.2, -0.15) is 0 Å². The number of nitrogens with two attached hydrogens (primary N) is 1. The van der Waals surface area contributed by atoms with E-state index in [1.807, 2.05) is 12.3 Å². The normalized spacial score (nSPS) is 12.3. The van der Waals surface area contributed by atoms with E-state index in [0.717, 1.165) is 5.01 Å². The van der Waals surface area contributed by atoms with Crippen LogP contribution in [0.3, 0.4) is 0 Å². The van der Waals surface area contributed by atoms with E-state index in [9.17, 15) is 4.79 Å². The van der Waals surface area contributed by atoms with Gasteiger partial charge in [0.05, 0.1) is 16.9 Å². The Morgan fingerprint density at radius 1 is 1.63 bits per heavy atom. The van der Waals surface area contributed by atoms with E-state index in [1.54, 1.807) is 23.7 Å². The summed E-state index contributed by atoms with van der Waals surface area (Å²) in [5.74, 6) is 0.108. The lowest BCUT2D eigenvalue weighted by atomic mass is 10.2. The lowest BCUT2D eigenvalue weighted by Crippen LogP contribution is -2.30. The Kier molecular flexibility index (Phi) is 4.58. The fraction of sp³-hybridized carbons (Fsp3) is 0.455. The van der Waals surface area contributed by atoms with Crippen molar-refractivity contribution in [1.29, 1.82) is 0 Å². The van der Waals surface area contributed by atoms with E-state index in [2.05, 4.69) is 20.6 Å². The maximum Gasteiger partial charge on any atom is 0.241 e. The number of nitrogens with zero attached hydrogens (tertiary/aromatic N) is 4. The Hall–Kier alpha value is -1.80. The molecule has 1 unspecified atom stereocenters. The number of nitrogens with one attached hydrogen (secondary N) is 1. The summed E-state index contributed by atoms with van der Waals surface area (Å²) in [4.78, 5) is 16.0. The molecule has 0 saturated heterocycles. The number of rotatable bonds is 6. The predicted octanol–water partition coefficient (Wildman–Crippen LogP) is 0.113. The summed E-state index contributed by atoms with van der Waals surface area (Å²) in [5.41, 5.74) is 6.09. The Bertz CT molecular complexity index is 523.